The summed E-state index contributed by atoms with van der Waals surface area (Å²) in [4.78, 5) is 16.8. The van der Waals surface area contributed by atoms with E-state index in [0.29, 0.717) is 13.0 Å². The van der Waals surface area contributed by atoms with Crippen molar-refractivity contribution in [2.75, 3.05) is 7.11 Å². The first kappa shape index (κ1) is 21.3. The van der Waals surface area contributed by atoms with Crippen molar-refractivity contribution < 1.29 is 19.1 Å². The molecule has 0 heterocycles. The minimum Gasteiger partial charge on any atom is -0.489 e. The van der Waals surface area contributed by atoms with Crippen LogP contribution in [-0.2, 0) is 22.6 Å². The fourth-order valence-electron chi connectivity index (χ4n) is 2.45. The molecule has 0 radical (unpaired) electrons. The number of hydrogen-bond acceptors (Lipinski definition) is 5. The fourth-order valence-corrected chi connectivity index (χ4v) is 2.45. The van der Waals surface area contributed by atoms with Crippen LogP contribution in [0.3, 0.4) is 0 Å². The fraction of sp³-hybridized carbons (Fsp3) is 0.364. The topological polar surface area (TPSA) is 69.2 Å². The van der Waals surface area contributed by atoms with Crippen molar-refractivity contribution in [2.45, 2.75) is 45.4 Å². The number of amides is 1. The van der Waals surface area contributed by atoms with E-state index in [1.807, 2.05) is 75.4 Å². The first-order chi connectivity index (χ1) is 13.4. The van der Waals surface area contributed by atoms with Gasteiger partial charge in [0.1, 0.15) is 25.1 Å². The summed E-state index contributed by atoms with van der Waals surface area (Å²) in [5.74, 6) is 0.787. The highest BCUT2D eigenvalue weighted by atomic mass is 16.6. The highest BCUT2D eigenvalue weighted by molar-refractivity contribution is 5.75. The highest BCUT2D eigenvalue weighted by Crippen LogP contribution is 2.15. The largest absolute Gasteiger partial charge is 0.489 e. The number of oxime groups is 1. The third-order valence-electron chi connectivity index (χ3n) is 3.68. The van der Waals surface area contributed by atoms with E-state index in [1.165, 1.54) is 7.11 Å². The van der Waals surface area contributed by atoms with E-state index in [2.05, 4.69) is 10.5 Å². The molecule has 0 fully saturated rings. The van der Waals surface area contributed by atoms with Gasteiger partial charge < -0.3 is 19.6 Å². The van der Waals surface area contributed by atoms with Crippen LogP contribution in [0.4, 0.5) is 4.79 Å². The zero-order chi connectivity index (χ0) is 20.4. The minimum atomic E-state index is -0.565. The molecule has 2 rings (SSSR count). The molecule has 2 aromatic carbocycles. The molecule has 0 aliphatic rings. The van der Waals surface area contributed by atoms with Gasteiger partial charge in [-0.15, -0.1) is 0 Å². The monoisotopic (exact) mass is 384 g/mol. The Hall–Kier alpha value is -3.02. The Balaban J connectivity index is 1.93. The maximum atomic E-state index is 12.0. The van der Waals surface area contributed by atoms with Gasteiger partial charge in [-0.1, -0.05) is 47.6 Å². The molecule has 1 atom stereocenters. The summed E-state index contributed by atoms with van der Waals surface area (Å²) in [7, 11) is 1.46. The summed E-state index contributed by atoms with van der Waals surface area (Å²) in [5, 5.41) is 6.57. The van der Waals surface area contributed by atoms with Crippen molar-refractivity contribution in [3.8, 4) is 5.75 Å². The standard InChI is InChI=1S/C22H28N2O4/c1-22(2,3)28-21(25)24-19(15-23-26-4)14-17-10-12-20(13-11-17)27-16-18-8-6-5-7-9-18/h5-13,15,19H,14,16H2,1-4H3,(H,24,25)/b23-15+/t19-/m0/s1. The summed E-state index contributed by atoms with van der Waals surface area (Å²) in [6.07, 6.45) is 1.59. The van der Waals surface area contributed by atoms with Crippen LogP contribution >= 0.6 is 0 Å². The zero-order valence-electron chi connectivity index (χ0n) is 16.8. The molecule has 0 bridgehead atoms. The Bertz CT molecular complexity index is 752. The van der Waals surface area contributed by atoms with Gasteiger partial charge in [-0.3, -0.25) is 0 Å². The third kappa shape index (κ3) is 8.12. The van der Waals surface area contributed by atoms with Crippen molar-refractivity contribution in [3.63, 3.8) is 0 Å². The summed E-state index contributed by atoms with van der Waals surface area (Å²) < 4.78 is 11.1. The molecule has 1 amide bonds. The Labute approximate surface area is 166 Å². The second kappa shape index (κ2) is 10.3. The molecule has 0 aliphatic heterocycles. The summed E-state index contributed by atoms with van der Waals surface area (Å²) in [5.41, 5.74) is 1.57. The van der Waals surface area contributed by atoms with Crippen molar-refractivity contribution in [1.82, 2.24) is 5.32 Å². The molecule has 0 saturated heterocycles. The molecule has 6 nitrogen and oxygen atoms in total. The molecule has 0 saturated carbocycles. The minimum absolute atomic E-state index is 0.356. The quantitative estimate of drug-likeness (QED) is 0.543. The van der Waals surface area contributed by atoms with Crippen LogP contribution in [-0.4, -0.2) is 31.1 Å². The van der Waals surface area contributed by atoms with Crippen LogP contribution in [0.1, 0.15) is 31.9 Å². The number of carbonyl (C=O) groups excluding carboxylic acids is 1. The van der Waals surface area contributed by atoms with Gasteiger partial charge in [0.05, 0.1) is 12.3 Å². The van der Waals surface area contributed by atoms with E-state index in [4.69, 9.17) is 14.3 Å². The molecule has 1 N–H and O–H groups in total. The zero-order valence-corrected chi connectivity index (χ0v) is 16.8. The molecule has 0 spiro atoms. The van der Waals surface area contributed by atoms with Gasteiger partial charge in [0.2, 0.25) is 0 Å². The maximum absolute atomic E-state index is 12.0. The van der Waals surface area contributed by atoms with Crippen LogP contribution in [0, 0.1) is 0 Å². The van der Waals surface area contributed by atoms with Gasteiger partial charge in [0, 0.05) is 0 Å². The number of hydrogen-bond donors (Lipinski definition) is 1. The average Bonchev–Trinajstić information content (AvgIpc) is 2.65. The van der Waals surface area contributed by atoms with Crippen LogP contribution in [0.2, 0.25) is 0 Å². The van der Waals surface area contributed by atoms with E-state index in [1.54, 1.807) is 6.21 Å². The molecule has 6 heteroatoms. The van der Waals surface area contributed by atoms with Gasteiger partial charge >= 0.3 is 6.09 Å². The lowest BCUT2D eigenvalue weighted by molar-refractivity contribution is 0.0518. The number of benzene rings is 2. The normalized spacial score (nSPS) is 12.4. The second-order valence-electron chi connectivity index (χ2n) is 7.31. The maximum Gasteiger partial charge on any atom is 0.408 e. The second-order valence-corrected chi connectivity index (χ2v) is 7.31. The summed E-state index contributed by atoms with van der Waals surface area (Å²) in [6.45, 7) is 5.97. The predicted molar refractivity (Wildman–Crippen MR) is 110 cm³/mol. The molecule has 0 unspecified atom stereocenters. The molecular formula is C22H28N2O4. The highest BCUT2D eigenvalue weighted by Gasteiger charge is 2.19. The van der Waals surface area contributed by atoms with Crippen molar-refractivity contribution in [2.24, 2.45) is 5.16 Å². The lowest BCUT2D eigenvalue weighted by Gasteiger charge is -2.22. The molecule has 2 aromatic rings. The number of rotatable bonds is 8. The van der Waals surface area contributed by atoms with Crippen LogP contribution < -0.4 is 10.1 Å². The number of nitrogens with one attached hydrogen (secondary N) is 1. The lowest BCUT2D eigenvalue weighted by atomic mass is 10.1. The van der Waals surface area contributed by atoms with Crippen molar-refractivity contribution >= 4 is 12.3 Å². The van der Waals surface area contributed by atoms with Crippen LogP contribution in [0.15, 0.2) is 59.8 Å². The Kier molecular flexibility index (Phi) is 7.87. The van der Waals surface area contributed by atoms with Gasteiger partial charge in [-0.2, -0.15) is 0 Å². The Morgan fingerprint density at radius 2 is 1.75 bits per heavy atom. The van der Waals surface area contributed by atoms with Gasteiger partial charge in [-0.05, 0) is 50.5 Å². The lowest BCUT2D eigenvalue weighted by Crippen LogP contribution is -2.41. The van der Waals surface area contributed by atoms with E-state index in [0.717, 1.165) is 16.9 Å². The van der Waals surface area contributed by atoms with E-state index >= 15 is 0 Å². The predicted octanol–water partition coefficient (Wildman–Crippen LogP) is 4.33. The molecule has 0 aromatic heterocycles. The molecular weight excluding hydrogens is 356 g/mol. The smallest absolute Gasteiger partial charge is 0.408 e. The van der Waals surface area contributed by atoms with Crippen LogP contribution in [0.5, 0.6) is 5.75 Å². The van der Waals surface area contributed by atoms with Gasteiger partial charge in [0.25, 0.3) is 0 Å². The molecule has 0 aliphatic carbocycles. The van der Waals surface area contributed by atoms with Crippen molar-refractivity contribution in [3.05, 3.63) is 65.7 Å². The first-order valence-electron chi connectivity index (χ1n) is 9.17. The average molecular weight is 384 g/mol. The van der Waals surface area contributed by atoms with Crippen molar-refractivity contribution in [1.29, 1.82) is 0 Å². The Morgan fingerprint density at radius 3 is 2.36 bits per heavy atom. The molecule has 28 heavy (non-hydrogen) atoms. The number of carbonyl (C=O) groups is 1. The Morgan fingerprint density at radius 1 is 1.07 bits per heavy atom. The van der Waals surface area contributed by atoms with E-state index < -0.39 is 11.7 Å². The number of alkyl carbamates (subject to hydrolysis) is 1. The van der Waals surface area contributed by atoms with E-state index in [-0.39, 0.29) is 6.04 Å². The number of ether oxygens (including phenoxy) is 2. The summed E-state index contributed by atoms with van der Waals surface area (Å²) in [6, 6.07) is 17.4. The van der Waals surface area contributed by atoms with Crippen LogP contribution in [0.25, 0.3) is 0 Å². The third-order valence-corrected chi connectivity index (χ3v) is 3.68. The number of nitrogens with zero attached hydrogens (tertiary/aromatic N) is 1. The van der Waals surface area contributed by atoms with Gasteiger partial charge in [0.15, 0.2) is 0 Å². The molecule has 150 valence electrons. The van der Waals surface area contributed by atoms with Gasteiger partial charge in [-0.25, -0.2) is 4.79 Å². The SMILES string of the molecule is CO/N=C/[C@H](Cc1ccc(OCc2ccccc2)cc1)NC(=O)OC(C)(C)C. The van der Waals surface area contributed by atoms with E-state index in [9.17, 15) is 4.79 Å². The first-order valence-corrected chi connectivity index (χ1v) is 9.17. The summed E-state index contributed by atoms with van der Waals surface area (Å²) >= 11 is 0.